The third-order valence-corrected chi connectivity index (χ3v) is 0.643. The Hall–Kier alpha value is -0.570. The zero-order valence-corrected chi connectivity index (χ0v) is 4.68. The summed E-state index contributed by atoms with van der Waals surface area (Å²) in [6, 6.07) is 0. The Morgan fingerprint density at radius 1 is 1.75 bits per heavy atom. The largest absolute Gasteiger partial charge is 0.387 e. The van der Waals surface area contributed by atoms with E-state index in [1.54, 1.807) is 0 Å². The highest BCUT2D eigenvalue weighted by Crippen LogP contribution is 1.67. The smallest absolute Gasteiger partial charge is 0.245 e. The molecule has 0 aliphatic heterocycles. The molecule has 0 bridgehead atoms. The minimum atomic E-state index is -0.431. The number of aliphatic hydroxyl groups is 1. The van der Waals surface area contributed by atoms with Gasteiger partial charge in [-0.15, -0.1) is 0 Å². The van der Waals surface area contributed by atoms with Gasteiger partial charge in [-0.25, -0.2) is 0 Å². The molecule has 47 valence electrons. The van der Waals surface area contributed by atoms with E-state index in [-0.39, 0.29) is 5.91 Å². The van der Waals surface area contributed by atoms with Gasteiger partial charge in [0.1, 0.15) is 6.61 Å². The number of rotatable bonds is 3. The molecule has 0 aliphatic carbocycles. The first kappa shape index (κ1) is 7.43. The molecule has 0 rings (SSSR count). The van der Waals surface area contributed by atoms with Crippen LogP contribution < -0.4 is 5.32 Å². The third kappa shape index (κ3) is 3.61. The van der Waals surface area contributed by atoms with Crippen LogP contribution in [0.3, 0.4) is 0 Å². The van der Waals surface area contributed by atoms with Crippen LogP contribution in [0.5, 0.6) is 0 Å². The summed E-state index contributed by atoms with van der Waals surface area (Å²) in [5, 5.41) is 10.6. The molecule has 0 unspecified atom stereocenters. The molecule has 0 aromatic carbocycles. The Morgan fingerprint density at radius 2 is 2.38 bits per heavy atom. The van der Waals surface area contributed by atoms with Crippen molar-refractivity contribution in [3.63, 3.8) is 0 Å². The number of hydrogen-bond acceptors (Lipinski definition) is 2. The lowest BCUT2D eigenvalue weighted by molar-refractivity contribution is -0.123. The topological polar surface area (TPSA) is 49.3 Å². The maximum absolute atomic E-state index is 10.2. The van der Waals surface area contributed by atoms with Gasteiger partial charge < -0.3 is 10.4 Å². The first-order valence-corrected chi connectivity index (χ1v) is 2.48. The molecule has 8 heavy (non-hydrogen) atoms. The van der Waals surface area contributed by atoms with Gasteiger partial charge in [0.25, 0.3) is 0 Å². The summed E-state index contributed by atoms with van der Waals surface area (Å²) in [5.41, 5.74) is 0. The van der Waals surface area contributed by atoms with E-state index in [1.165, 1.54) is 0 Å². The Morgan fingerprint density at radius 3 is 2.75 bits per heavy atom. The predicted octanol–water partition coefficient (Wildman–Crippen LogP) is -0.681. The van der Waals surface area contributed by atoms with Crippen LogP contribution in [-0.4, -0.2) is 24.2 Å². The number of aliphatic hydroxyl groups excluding tert-OH is 1. The summed E-state index contributed by atoms with van der Waals surface area (Å²) in [6.45, 7) is 3.61. The van der Waals surface area contributed by atoms with Crippen molar-refractivity contribution in [2.75, 3.05) is 13.2 Å². The van der Waals surface area contributed by atoms with E-state index in [0.29, 0.717) is 13.0 Å². The van der Waals surface area contributed by atoms with Crippen LogP contribution >= 0.6 is 0 Å². The highest BCUT2D eigenvalue weighted by molar-refractivity contribution is 5.76. The minimum absolute atomic E-state index is 0.339. The molecule has 3 nitrogen and oxygen atoms in total. The molecule has 0 fully saturated rings. The Balaban J connectivity index is 2.99. The summed E-state index contributed by atoms with van der Waals surface area (Å²) in [6.07, 6.45) is 0.658. The van der Waals surface area contributed by atoms with E-state index in [1.807, 2.05) is 0 Å². The Labute approximate surface area is 48.7 Å². The zero-order chi connectivity index (χ0) is 6.41. The van der Waals surface area contributed by atoms with Crippen molar-refractivity contribution >= 4 is 5.91 Å². The summed E-state index contributed by atoms with van der Waals surface area (Å²) in [4.78, 5) is 10.2. The highest BCUT2D eigenvalue weighted by Gasteiger charge is 1.91. The number of amides is 1. The molecular weight excluding hydrogens is 106 g/mol. The summed E-state index contributed by atoms with van der Waals surface area (Å²) >= 11 is 0. The molecule has 0 saturated carbocycles. The van der Waals surface area contributed by atoms with Crippen LogP contribution in [-0.2, 0) is 4.79 Å². The van der Waals surface area contributed by atoms with Crippen molar-refractivity contribution in [1.82, 2.24) is 5.32 Å². The van der Waals surface area contributed by atoms with Gasteiger partial charge >= 0.3 is 0 Å². The molecular formula is C5H10NO2. The van der Waals surface area contributed by atoms with Crippen LogP contribution in [0, 0.1) is 6.92 Å². The van der Waals surface area contributed by atoms with Crippen LogP contribution in [0.2, 0.25) is 0 Å². The second-order valence-electron chi connectivity index (χ2n) is 1.36. The molecule has 0 atom stereocenters. The van der Waals surface area contributed by atoms with Gasteiger partial charge in [-0.05, 0) is 6.42 Å². The molecule has 1 radical (unpaired) electrons. The first-order chi connectivity index (χ1) is 3.81. The lowest BCUT2D eigenvalue weighted by Gasteiger charge is -1.96. The van der Waals surface area contributed by atoms with E-state index in [9.17, 15) is 4.79 Å². The lowest BCUT2D eigenvalue weighted by Crippen LogP contribution is -2.26. The van der Waals surface area contributed by atoms with E-state index in [0.717, 1.165) is 0 Å². The average molecular weight is 116 g/mol. The van der Waals surface area contributed by atoms with Crippen LogP contribution in [0.15, 0.2) is 0 Å². The molecule has 0 aromatic rings. The Bertz CT molecular complexity index is 72.8. The fraction of sp³-hybridized carbons (Fsp3) is 0.600. The van der Waals surface area contributed by atoms with Gasteiger partial charge in [-0.2, -0.15) is 0 Å². The van der Waals surface area contributed by atoms with Crippen molar-refractivity contribution in [3.8, 4) is 0 Å². The normalized spacial score (nSPS) is 8.75. The summed E-state index contributed by atoms with van der Waals surface area (Å²) in [5.74, 6) is -0.339. The minimum Gasteiger partial charge on any atom is -0.387 e. The third-order valence-electron chi connectivity index (χ3n) is 0.643. The second-order valence-corrected chi connectivity index (χ2v) is 1.36. The molecule has 0 saturated heterocycles. The molecule has 0 spiro atoms. The van der Waals surface area contributed by atoms with E-state index < -0.39 is 6.61 Å². The first-order valence-electron chi connectivity index (χ1n) is 2.48. The zero-order valence-electron chi connectivity index (χ0n) is 4.68. The SMILES string of the molecule is [CH2]CCNC(=O)CO. The predicted molar refractivity (Wildman–Crippen MR) is 30.1 cm³/mol. The van der Waals surface area contributed by atoms with Crippen molar-refractivity contribution in [2.45, 2.75) is 6.42 Å². The van der Waals surface area contributed by atoms with Crippen molar-refractivity contribution in [2.24, 2.45) is 0 Å². The fourth-order valence-corrected chi connectivity index (χ4v) is 0.284. The van der Waals surface area contributed by atoms with Crippen LogP contribution in [0.25, 0.3) is 0 Å². The van der Waals surface area contributed by atoms with Crippen LogP contribution in [0.4, 0.5) is 0 Å². The van der Waals surface area contributed by atoms with Crippen molar-refractivity contribution in [1.29, 1.82) is 0 Å². The highest BCUT2D eigenvalue weighted by atomic mass is 16.3. The quantitative estimate of drug-likeness (QED) is 0.513. The standard InChI is InChI=1S/C5H10NO2/c1-2-3-6-5(8)4-7/h7H,1-4H2,(H,6,8). The van der Waals surface area contributed by atoms with E-state index in [2.05, 4.69) is 12.2 Å². The van der Waals surface area contributed by atoms with Crippen molar-refractivity contribution < 1.29 is 9.90 Å². The molecule has 0 heterocycles. The van der Waals surface area contributed by atoms with Crippen LogP contribution in [0.1, 0.15) is 6.42 Å². The van der Waals surface area contributed by atoms with Gasteiger partial charge in [-0.3, -0.25) is 4.79 Å². The monoisotopic (exact) mass is 116 g/mol. The van der Waals surface area contributed by atoms with Crippen molar-refractivity contribution in [3.05, 3.63) is 6.92 Å². The number of hydrogen-bond donors (Lipinski definition) is 2. The average Bonchev–Trinajstić information content (AvgIpc) is 1.83. The second kappa shape index (κ2) is 4.59. The van der Waals surface area contributed by atoms with E-state index in [4.69, 9.17) is 5.11 Å². The molecule has 2 N–H and O–H groups in total. The van der Waals surface area contributed by atoms with Gasteiger partial charge in [0, 0.05) is 6.54 Å². The van der Waals surface area contributed by atoms with Gasteiger partial charge in [0.2, 0.25) is 5.91 Å². The Kier molecular flexibility index (Phi) is 4.26. The molecule has 3 heteroatoms. The number of nitrogens with one attached hydrogen (secondary N) is 1. The molecule has 0 aromatic heterocycles. The number of carbonyl (C=O) groups excluding carboxylic acids is 1. The number of carbonyl (C=O) groups is 1. The maximum atomic E-state index is 10.2. The van der Waals surface area contributed by atoms with Gasteiger partial charge in [0.05, 0.1) is 0 Å². The van der Waals surface area contributed by atoms with E-state index >= 15 is 0 Å². The summed E-state index contributed by atoms with van der Waals surface area (Å²) in [7, 11) is 0. The lowest BCUT2D eigenvalue weighted by atomic mass is 10.5. The van der Waals surface area contributed by atoms with Gasteiger partial charge in [-0.1, -0.05) is 6.92 Å². The maximum Gasteiger partial charge on any atom is 0.245 e. The molecule has 1 amide bonds. The van der Waals surface area contributed by atoms with Gasteiger partial charge in [0.15, 0.2) is 0 Å². The fourth-order valence-electron chi connectivity index (χ4n) is 0.284. The summed E-state index contributed by atoms with van der Waals surface area (Å²) < 4.78 is 0. The molecule has 0 aliphatic rings.